The number of methoxy groups -OCH3 is 2. The number of nitrogens with zero attached hydrogens (tertiary/aromatic N) is 1. The summed E-state index contributed by atoms with van der Waals surface area (Å²) < 4.78 is 9.51. The average molecular weight is 375 g/mol. The van der Waals surface area contributed by atoms with Crippen LogP contribution in [0.2, 0.25) is 0 Å². The summed E-state index contributed by atoms with van der Waals surface area (Å²) in [5.41, 5.74) is -7.00. The third-order valence-corrected chi connectivity index (χ3v) is 4.97. The molecule has 1 aliphatic carbocycles. The maximum Gasteiger partial charge on any atom is 0.355 e. The first-order chi connectivity index (χ1) is 12.5. The second kappa shape index (κ2) is 5.64. The molecule has 0 saturated heterocycles. The lowest BCUT2D eigenvalue weighted by Gasteiger charge is -2.47. The summed E-state index contributed by atoms with van der Waals surface area (Å²) in [5.74, 6) is -2.98. The molecule has 1 aromatic rings. The molecule has 1 aromatic carbocycles. The highest BCUT2D eigenvalue weighted by atomic mass is 16.5. The molecule has 1 aliphatic heterocycles. The number of rotatable bonds is 2. The molecule has 0 fully saturated rings. The molecule has 8 nitrogen and oxygen atoms in total. The van der Waals surface area contributed by atoms with Gasteiger partial charge in [0.1, 0.15) is 11.3 Å². The lowest BCUT2D eigenvalue weighted by molar-refractivity contribution is -0.198. The Hall–Kier alpha value is -2.71. The number of benzene rings is 1. The van der Waals surface area contributed by atoms with Crippen LogP contribution in [-0.4, -0.2) is 58.2 Å². The number of ether oxygens (including phenoxy) is 2. The van der Waals surface area contributed by atoms with Gasteiger partial charge in [0, 0.05) is 16.7 Å². The maximum atomic E-state index is 13.1. The number of aliphatic hydroxyl groups is 2. The molecule has 0 bridgehead atoms. The zero-order chi connectivity index (χ0) is 20.4. The SMILES string of the molecule is COC(=O)C1=C(C(=O)OC)[C@]2(O)C(=O)c3ccccc3[C@]2(O)N1C(C)(C)C. The quantitative estimate of drug-likeness (QED) is 0.718. The van der Waals surface area contributed by atoms with Gasteiger partial charge < -0.3 is 24.6 Å². The molecule has 0 saturated carbocycles. The van der Waals surface area contributed by atoms with Crippen molar-refractivity contribution in [1.29, 1.82) is 0 Å². The van der Waals surface area contributed by atoms with E-state index in [1.54, 1.807) is 32.9 Å². The fourth-order valence-electron chi connectivity index (χ4n) is 4.01. The topological polar surface area (TPSA) is 113 Å². The summed E-state index contributed by atoms with van der Waals surface area (Å²) in [7, 11) is 2.15. The van der Waals surface area contributed by atoms with Crippen molar-refractivity contribution in [2.45, 2.75) is 37.6 Å². The Bertz CT molecular complexity index is 898. The number of carbonyl (C=O) groups excluding carboxylic acids is 3. The van der Waals surface area contributed by atoms with E-state index in [0.717, 1.165) is 19.1 Å². The molecule has 27 heavy (non-hydrogen) atoms. The van der Waals surface area contributed by atoms with Gasteiger partial charge in [-0.15, -0.1) is 0 Å². The van der Waals surface area contributed by atoms with Crippen LogP contribution in [0.25, 0.3) is 0 Å². The Morgan fingerprint density at radius 2 is 1.59 bits per heavy atom. The lowest BCUT2D eigenvalue weighted by Crippen LogP contribution is -2.62. The molecule has 3 rings (SSSR count). The van der Waals surface area contributed by atoms with Crippen molar-refractivity contribution >= 4 is 17.7 Å². The van der Waals surface area contributed by atoms with Gasteiger partial charge in [-0.05, 0) is 20.8 Å². The van der Waals surface area contributed by atoms with Crippen molar-refractivity contribution in [3.8, 4) is 0 Å². The highest BCUT2D eigenvalue weighted by molar-refractivity contribution is 6.18. The Morgan fingerprint density at radius 1 is 1.04 bits per heavy atom. The maximum absolute atomic E-state index is 13.1. The molecule has 2 N–H and O–H groups in total. The van der Waals surface area contributed by atoms with Crippen LogP contribution < -0.4 is 0 Å². The number of carbonyl (C=O) groups is 3. The van der Waals surface area contributed by atoms with Crippen molar-refractivity contribution in [2.75, 3.05) is 14.2 Å². The van der Waals surface area contributed by atoms with Crippen molar-refractivity contribution in [3.05, 3.63) is 46.7 Å². The van der Waals surface area contributed by atoms with Gasteiger partial charge in [-0.3, -0.25) is 4.79 Å². The Morgan fingerprint density at radius 3 is 2.11 bits per heavy atom. The van der Waals surface area contributed by atoms with Crippen molar-refractivity contribution in [1.82, 2.24) is 4.90 Å². The van der Waals surface area contributed by atoms with Gasteiger partial charge in [0.15, 0.2) is 0 Å². The van der Waals surface area contributed by atoms with Crippen molar-refractivity contribution in [3.63, 3.8) is 0 Å². The number of ketones is 1. The molecule has 2 aliphatic rings. The van der Waals surface area contributed by atoms with Gasteiger partial charge in [-0.2, -0.15) is 0 Å². The summed E-state index contributed by atoms with van der Waals surface area (Å²) in [6, 6.07) is 6.08. The highest BCUT2D eigenvalue weighted by Crippen LogP contribution is 2.58. The predicted octanol–water partition coefficient (Wildman–Crippen LogP) is 0.473. The fourth-order valence-corrected chi connectivity index (χ4v) is 4.01. The zero-order valence-electron chi connectivity index (χ0n) is 15.7. The third kappa shape index (κ3) is 2.08. The molecule has 2 atom stereocenters. The van der Waals surface area contributed by atoms with Crippen LogP contribution in [0, 0.1) is 0 Å². The van der Waals surface area contributed by atoms with Crippen molar-refractivity contribution in [2.24, 2.45) is 0 Å². The number of Topliss-reactive ketones (excluding diaryl/α,β-unsaturated/α-hetero) is 1. The largest absolute Gasteiger partial charge is 0.466 e. The first kappa shape index (κ1) is 19.1. The number of fused-ring (bicyclic) bond motifs is 3. The van der Waals surface area contributed by atoms with E-state index in [-0.39, 0.29) is 11.1 Å². The van der Waals surface area contributed by atoms with E-state index in [4.69, 9.17) is 9.47 Å². The second-order valence-corrected chi connectivity index (χ2v) is 7.47. The Balaban J connectivity index is 2.49. The predicted molar refractivity (Wildman–Crippen MR) is 92.3 cm³/mol. The van der Waals surface area contributed by atoms with Gasteiger partial charge >= 0.3 is 11.9 Å². The van der Waals surface area contributed by atoms with Crippen LogP contribution in [0.5, 0.6) is 0 Å². The molecule has 0 radical (unpaired) electrons. The first-order valence-electron chi connectivity index (χ1n) is 8.28. The van der Waals surface area contributed by atoms with E-state index in [1.165, 1.54) is 12.1 Å². The second-order valence-electron chi connectivity index (χ2n) is 7.47. The van der Waals surface area contributed by atoms with Crippen LogP contribution in [0.1, 0.15) is 36.7 Å². The molecule has 0 amide bonds. The van der Waals surface area contributed by atoms with Gasteiger partial charge in [-0.25, -0.2) is 9.59 Å². The van der Waals surface area contributed by atoms with Gasteiger partial charge in [0.05, 0.1) is 14.2 Å². The zero-order valence-corrected chi connectivity index (χ0v) is 15.7. The van der Waals surface area contributed by atoms with Crippen LogP contribution in [0.4, 0.5) is 0 Å². The molecule has 144 valence electrons. The monoisotopic (exact) mass is 375 g/mol. The van der Waals surface area contributed by atoms with E-state index < -0.39 is 45.9 Å². The molecular weight excluding hydrogens is 354 g/mol. The van der Waals surface area contributed by atoms with Crippen LogP contribution >= 0.6 is 0 Å². The highest BCUT2D eigenvalue weighted by Gasteiger charge is 2.76. The summed E-state index contributed by atoms with van der Waals surface area (Å²) in [4.78, 5) is 39.4. The first-order valence-corrected chi connectivity index (χ1v) is 8.28. The normalized spacial score (nSPS) is 26.8. The number of esters is 2. The number of hydrogen-bond acceptors (Lipinski definition) is 8. The minimum absolute atomic E-state index is 0.0575. The molecule has 1 heterocycles. The van der Waals surface area contributed by atoms with Crippen LogP contribution in [-0.2, 0) is 24.8 Å². The summed E-state index contributed by atoms with van der Waals surface area (Å²) in [6.07, 6.45) is 0. The Kier molecular flexibility index (Phi) is 3.98. The summed E-state index contributed by atoms with van der Waals surface area (Å²) >= 11 is 0. The van der Waals surface area contributed by atoms with Gasteiger partial charge in [-0.1, -0.05) is 24.3 Å². The van der Waals surface area contributed by atoms with Crippen LogP contribution in [0.3, 0.4) is 0 Å². The molecule has 0 aromatic heterocycles. The molecule has 8 heteroatoms. The minimum Gasteiger partial charge on any atom is -0.466 e. The number of hydrogen-bond donors (Lipinski definition) is 2. The third-order valence-electron chi connectivity index (χ3n) is 4.97. The summed E-state index contributed by atoms with van der Waals surface area (Å²) in [5, 5.41) is 23.2. The van der Waals surface area contributed by atoms with E-state index in [2.05, 4.69) is 0 Å². The van der Waals surface area contributed by atoms with Gasteiger partial charge in [0.25, 0.3) is 0 Å². The Labute approximate surface area is 156 Å². The van der Waals surface area contributed by atoms with Gasteiger partial charge in [0.2, 0.25) is 17.1 Å². The smallest absolute Gasteiger partial charge is 0.355 e. The van der Waals surface area contributed by atoms with Crippen LogP contribution in [0.15, 0.2) is 35.5 Å². The van der Waals surface area contributed by atoms with E-state index in [0.29, 0.717) is 0 Å². The van der Waals surface area contributed by atoms with Crippen molar-refractivity contribution < 1.29 is 34.1 Å². The van der Waals surface area contributed by atoms with E-state index in [1.807, 2.05) is 0 Å². The molecule has 0 unspecified atom stereocenters. The molecule has 0 spiro atoms. The average Bonchev–Trinajstić information content (AvgIpc) is 2.94. The van der Waals surface area contributed by atoms with E-state index >= 15 is 0 Å². The fraction of sp³-hybridized carbons (Fsp3) is 0.421. The summed E-state index contributed by atoms with van der Waals surface area (Å²) in [6.45, 7) is 5.00. The minimum atomic E-state index is -2.72. The molecular formula is C19H21NO7. The van der Waals surface area contributed by atoms with E-state index in [9.17, 15) is 24.6 Å². The standard InChI is InChI=1S/C19H21NO7/c1-17(2,3)20-13(16(23)27-5)12(15(22)26-4)18(24)14(21)10-8-6-7-9-11(10)19(18,20)25/h6-9,24-25H,1-5H3/t18-,19+/m0/s1. The lowest BCUT2D eigenvalue weighted by atomic mass is 9.84.